The van der Waals surface area contributed by atoms with Crippen LogP contribution in [0.25, 0.3) is 0 Å². The first-order valence-electron chi connectivity index (χ1n) is 6.41. The molecule has 114 valence electrons. The van der Waals surface area contributed by atoms with E-state index in [1.165, 1.54) is 4.90 Å². The SMILES string of the molecule is CN(C)C(=O)CNC(=O)NC(Cc1ccccc1)C(=O)O. The average molecular weight is 293 g/mol. The van der Waals surface area contributed by atoms with E-state index in [1.54, 1.807) is 38.4 Å². The summed E-state index contributed by atoms with van der Waals surface area (Å²) in [5.41, 5.74) is 0.801. The summed E-state index contributed by atoms with van der Waals surface area (Å²) in [7, 11) is 3.13. The molecule has 0 heterocycles. The fourth-order valence-electron chi connectivity index (χ4n) is 1.57. The Balaban J connectivity index is 2.53. The van der Waals surface area contributed by atoms with Crippen molar-refractivity contribution in [3.8, 4) is 0 Å². The summed E-state index contributed by atoms with van der Waals surface area (Å²) in [6, 6.07) is 7.24. The molecule has 7 nitrogen and oxygen atoms in total. The molecule has 1 atom stereocenters. The third kappa shape index (κ3) is 5.94. The number of carbonyl (C=O) groups excluding carboxylic acids is 2. The van der Waals surface area contributed by atoms with Gasteiger partial charge in [-0.2, -0.15) is 0 Å². The molecule has 0 radical (unpaired) electrons. The van der Waals surface area contributed by atoms with E-state index in [2.05, 4.69) is 10.6 Å². The lowest BCUT2D eigenvalue weighted by Gasteiger charge is -2.16. The minimum atomic E-state index is -1.13. The van der Waals surface area contributed by atoms with Gasteiger partial charge in [-0.25, -0.2) is 9.59 Å². The van der Waals surface area contributed by atoms with Crippen LogP contribution in [0, 0.1) is 0 Å². The molecule has 1 unspecified atom stereocenters. The first-order chi connectivity index (χ1) is 9.90. The molecule has 0 bridgehead atoms. The normalized spacial score (nSPS) is 11.3. The predicted molar refractivity (Wildman–Crippen MR) is 76.8 cm³/mol. The highest BCUT2D eigenvalue weighted by Crippen LogP contribution is 2.03. The fraction of sp³-hybridized carbons (Fsp3) is 0.357. The van der Waals surface area contributed by atoms with Crippen LogP contribution in [-0.4, -0.2) is 54.6 Å². The van der Waals surface area contributed by atoms with E-state index in [1.807, 2.05) is 6.07 Å². The molecule has 0 aliphatic carbocycles. The number of carboxylic acids is 1. The maximum atomic E-state index is 11.6. The van der Waals surface area contributed by atoms with Gasteiger partial charge in [0.1, 0.15) is 6.04 Å². The van der Waals surface area contributed by atoms with Gasteiger partial charge in [0.25, 0.3) is 0 Å². The molecule has 1 rings (SSSR count). The summed E-state index contributed by atoms with van der Waals surface area (Å²) in [4.78, 5) is 35.4. The van der Waals surface area contributed by atoms with E-state index in [4.69, 9.17) is 5.11 Å². The summed E-state index contributed by atoms with van der Waals surface area (Å²) in [6.07, 6.45) is 0.172. The van der Waals surface area contributed by atoms with E-state index in [0.717, 1.165) is 5.56 Å². The highest BCUT2D eigenvalue weighted by atomic mass is 16.4. The van der Waals surface area contributed by atoms with Crippen molar-refractivity contribution >= 4 is 17.9 Å². The summed E-state index contributed by atoms with van der Waals surface area (Å²) < 4.78 is 0. The van der Waals surface area contributed by atoms with Crippen molar-refractivity contribution in [3.63, 3.8) is 0 Å². The number of nitrogens with zero attached hydrogens (tertiary/aromatic N) is 1. The first kappa shape index (κ1) is 16.5. The van der Waals surface area contributed by atoms with Gasteiger partial charge in [-0.05, 0) is 5.56 Å². The predicted octanol–water partition coefficient (Wildman–Crippen LogP) is 0.0697. The molecule has 21 heavy (non-hydrogen) atoms. The molecule has 0 saturated heterocycles. The Kier molecular flexibility index (Phi) is 6.19. The Morgan fingerprint density at radius 3 is 2.33 bits per heavy atom. The molecule has 0 aliphatic heterocycles. The number of urea groups is 1. The monoisotopic (exact) mass is 293 g/mol. The van der Waals surface area contributed by atoms with Crippen LogP contribution in [0.15, 0.2) is 30.3 Å². The lowest BCUT2D eigenvalue weighted by Crippen LogP contribution is -2.49. The van der Waals surface area contributed by atoms with Gasteiger partial charge in [-0.15, -0.1) is 0 Å². The second-order valence-corrected chi connectivity index (χ2v) is 4.70. The molecule has 0 aliphatic rings. The number of carbonyl (C=O) groups is 3. The van der Waals surface area contributed by atoms with Gasteiger partial charge in [0.15, 0.2) is 0 Å². The standard InChI is InChI=1S/C14H19N3O4/c1-17(2)12(18)9-15-14(21)16-11(13(19)20)8-10-6-4-3-5-7-10/h3-7,11H,8-9H2,1-2H3,(H,19,20)(H2,15,16,21). The Morgan fingerprint density at radius 2 is 1.81 bits per heavy atom. The minimum absolute atomic E-state index is 0.172. The minimum Gasteiger partial charge on any atom is -0.480 e. The highest BCUT2D eigenvalue weighted by molar-refractivity contribution is 5.86. The van der Waals surface area contributed by atoms with Gasteiger partial charge in [-0.3, -0.25) is 4.79 Å². The number of benzene rings is 1. The van der Waals surface area contributed by atoms with Gasteiger partial charge in [-0.1, -0.05) is 30.3 Å². The molecular weight excluding hydrogens is 274 g/mol. The van der Waals surface area contributed by atoms with Crippen molar-refractivity contribution in [2.45, 2.75) is 12.5 Å². The van der Waals surface area contributed by atoms with Crippen molar-refractivity contribution in [2.75, 3.05) is 20.6 Å². The van der Waals surface area contributed by atoms with Gasteiger partial charge in [0.2, 0.25) is 5.91 Å². The summed E-state index contributed by atoms with van der Waals surface area (Å²) in [6.45, 7) is -0.184. The van der Waals surface area contributed by atoms with Crippen LogP contribution in [0.3, 0.4) is 0 Å². The van der Waals surface area contributed by atoms with Crippen LogP contribution in [0.4, 0.5) is 4.79 Å². The quantitative estimate of drug-likeness (QED) is 0.691. The molecule has 0 aromatic heterocycles. The van der Waals surface area contributed by atoms with E-state index >= 15 is 0 Å². The smallest absolute Gasteiger partial charge is 0.326 e. The number of hydrogen-bond donors (Lipinski definition) is 3. The van der Waals surface area contributed by atoms with Crippen LogP contribution in [0.5, 0.6) is 0 Å². The summed E-state index contributed by atoms with van der Waals surface area (Å²) in [5.74, 6) is -1.41. The van der Waals surface area contributed by atoms with E-state index in [0.29, 0.717) is 0 Å². The van der Waals surface area contributed by atoms with Crippen molar-refractivity contribution in [1.82, 2.24) is 15.5 Å². The number of hydrogen-bond acceptors (Lipinski definition) is 3. The molecular formula is C14H19N3O4. The zero-order chi connectivity index (χ0) is 15.8. The number of carboxylic acid groups (broad SMARTS) is 1. The molecule has 0 fully saturated rings. The fourth-order valence-corrected chi connectivity index (χ4v) is 1.57. The van der Waals surface area contributed by atoms with E-state index in [9.17, 15) is 14.4 Å². The number of aliphatic carboxylic acids is 1. The molecule has 3 amide bonds. The van der Waals surface area contributed by atoms with Gasteiger partial charge in [0, 0.05) is 20.5 Å². The van der Waals surface area contributed by atoms with Crippen LogP contribution >= 0.6 is 0 Å². The van der Waals surface area contributed by atoms with Crippen LogP contribution in [0.2, 0.25) is 0 Å². The Hall–Kier alpha value is -2.57. The lowest BCUT2D eigenvalue weighted by atomic mass is 10.1. The maximum Gasteiger partial charge on any atom is 0.326 e. The largest absolute Gasteiger partial charge is 0.480 e. The summed E-state index contributed by atoms with van der Waals surface area (Å²) >= 11 is 0. The lowest BCUT2D eigenvalue weighted by molar-refractivity contribution is -0.139. The topological polar surface area (TPSA) is 98.7 Å². The Bertz CT molecular complexity index is 502. The second kappa shape index (κ2) is 7.88. The van der Waals surface area contributed by atoms with Crippen molar-refractivity contribution in [2.24, 2.45) is 0 Å². The number of likely N-dealkylation sites (N-methyl/N-ethyl adjacent to an activating group) is 1. The second-order valence-electron chi connectivity index (χ2n) is 4.70. The van der Waals surface area contributed by atoms with Crippen molar-refractivity contribution in [3.05, 3.63) is 35.9 Å². The third-order valence-electron chi connectivity index (χ3n) is 2.79. The van der Waals surface area contributed by atoms with Crippen molar-refractivity contribution < 1.29 is 19.5 Å². The molecule has 7 heteroatoms. The number of amides is 3. The molecule has 1 aromatic rings. The van der Waals surface area contributed by atoms with Gasteiger partial charge in [0.05, 0.1) is 6.54 Å². The molecule has 1 aromatic carbocycles. The molecule has 3 N–H and O–H groups in total. The molecule has 0 spiro atoms. The average Bonchev–Trinajstić information content (AvgIpc) is 2.44. The number of nitrogens with one attached hydrogen (secondary N) is 2. The maximum absolute atomic E-state index is 11.6. The van der Waals surface area contributed by atoms with Crippen LogP contribution in [-0.2, 0) is 16.0 Å². The third-order valence-corrected chi connectivity index (χ3v) is 2.79. The highest BCUT2D eigenvalue weighted by Gasteiger charge is 2.20. The van der Waals surface area contributed by atoms with Crippen molar-refractivity contribution in [1.29, 1.82) is 0 Å². The van der Waals surface area contributed by atoms with Crippen LogP contribution in [0.1, 0.15) is 5.56 Å². The zero-order valence-electron chi connectivity index (χ0n) is 12.0. The first-order valence-corrected chi connectivity index (χ1v) is 6.41. The van der Waals surface area contributed by atoms with E-state index in [-0.39, 0.29) is 18.9 Å². The Morgan fingerprint density at radius 1 is 1.19 bits per heavy atom. The van der Waals surface area contributed by atoms with Gasteiger partial charge >= 0.3 is 12.0 Å². The Labute approximate surface area is 122 Å². The summed E-state index contributed by atoms with van der Waals surface area (Å²) in [5, 5.41) is 13.8. The van der Waals surface area contributed by atoms with E-state index < -0.39 is 18.0 Å². The van der Waals surface area contributed by atoms with Crippen LogP contribution < -0.4 is 10.6 Å². The molecule has 0 saturated carbocycles. The number of rotatable bonds is 6. The van der Waals surface area contributed by atoms with Gasteiger partial charge < -0.3 is 20.6 Å². The zero-order valence-corrected chi connectivity index (χ0v) is 12.0.